The van der Waals surface area contributed by atoms with Crippen molar-refractivity contribution < 1.29 is 8.42 Å². The highest BCUT2D eigenvalue weighted by Gasteiger charge is 2.09. The molecule has 0 aliphatic rings. The van der Waals surface area contributed by atoms with Crippen molar-refractivity contribution in [2.75, 3.05) is 10.5 Å². The third kappa shape index (κ3) is 2.67. The van der Waals surface area contributed by atoms with Crippen LogP contribution in [0.5, 0.6) is 0 Å². The van der Waals surface area contributed by atoms with Gasteiger partial charge in [0.05, 0.1) is 5.75 Å². The van der Waals surface area contributed by atoms with Crippen LogP contribution in [0.4, 0.5) is 5.69 Å². The Bertz CT molecular complexity index is 644. The lowest BCUT2D eigenvalue weighted by Crippen LogP contribution is -2.14. The summed E-state index contributed by atoms with van der Waals surface area (Å²) in [5.74, 6) is 0.0733. The molecule has 5 heteroatoms. The molecule has 0 spiro atoms. The normalized spacial score (nSPS) is 11.9. The third-order valence-electron chi connectivity index (χ3n) is 2.87. The standard InChI is InChI=1S/C13H17N2O2S/c1-3-5-10-9-14-13-7-6-11(8-12(10)13)15-18(16,17)4-2/h6-9,14-15H,1,3-5H2,2H3. The highest BCUT2D eigenvalue weighted by atomic mass is 32.2. The largest absolute Gasteiger partial charge is 0.361 e. The van der Waals surface area contributed by atoms with Crippen molar-refractivity contribution in [1.82, 2.24) is 4.98 Å². The van der Waals surface area contributed by atoms with E-state index < -0.39 is 10.0 Å². The monoisotopic (exact) mass is 265 g/mol. The molecule has 1 aromatic carbocycles. The highest BCUT2D eigenvalue weighted by molar-refractivity contribution is 7.92. The van der Waals surface area contributed by atoms with Crippen LogP contribution in [0.3, 0.4) is 0 Å². The SMILES string of the molecule is [CH2]CCc1c[nH]c2ccc(NS(=O)(=O)CC)cc12. The smallest absolute Gasteiger partial charge is 0.232 e. The predicted octanol–water partition coefficient (Wildman–Crippen LogP) is 2.70. The Kier molecular flexibility index (Phi) is 3.61. The number of fused-ring (bicyclic) bond motifs is 1. The van der Waals surface area contributed by atoms with Gasteiger partial charge in [-0.15, -0.1) is 0 Å². The first-order chi connectivity index (χ1) is 8.55. The number of hydrogen-bond acceptors (Lipinski definition) is 2. The van der Waals surface area contributed by atoms with Gasteiger partial charge in [-0.1, -0.05) is 6.92 Å². The Morgan fingerprint density at radius 2 is 2.17 bits per heavy atom. The molecule has 0 bridgehead atoms. The van der Waals surface area contributed by atoms with Gasteiger partial charge >= 0.3 is 0 Å². The highest BCUT2D eigenvalue weighted by Crippen LogP contribution is 2.23. The average Bonchev–Trinajstić information content (AvgIpc) is 2.72. The van der Waals surface area contributed by atoms with Crippen LogP contribution >= 0.6 is 0 Å². The fraction of sp³-hybridized carbons (Fsp3) is 0.308. The second-order valence-corrected chi connectivity index (χ2v) is 6.19. The quantitative estimate of drug-likeness (QED) is 0.873. The van der Waals surface area contributed by atoms with Crippen LogP contribution in [-0.4, -0.2) is 19.2 Å². The minimum absolute atomic E-state index is 0.0733. The summed E-state index contributed by atoms with van der Waals surface area (Å²) in [4.78, 5) is 3.17. The minimum atomic E-state index is -3.22. The number of benzene rings is 1. The summed E-state index contributed by atoms with van der Waals surface area (Å²) >= 11 is 0. The summed E-state index contributed by atoms with van der Waals surface area (Å²) in [6, 6.07) is 5.51. The molecule has 1 radical (unpaired) electrons. The molecule has 1 aromatic heterocycles. The Morgan fingerprint density at radius 3 is 2.83 bits per heavy atom. The first-order valence-electron chi connectivity index (χ1n) is 5.95. The molecule has 0 atom stereocenters. The van der Waals surface area contributed by atoms with E-state index in [0.717, 1.165) is 29.3 Å². The maximum absolute atomic E-state index is 11.5. The summed E-state index contributed by atoms with van der Waals surface area (Å²) in [7, 11) is -3.22. The molecule has 0 unspecified atom stereocenters. The van der Waals surface area contributed by atoms with Crippen LogP contribution in [-0.2, 0) is 16.4 Å². The second kappa shape index (κ2) is 5.02. The number of rotatable bonds is 5. The number of sulfonamides is 1. The second-order valence-electron chi connectivity index (χ2n) is 4.18. The van der Waals surface area contributed by atoms with Crippen LogP contribution in [0.15, 0.2) is 24.4 Å². The first-order valence-corrected chi connectivity index (χ1v) is 7.60. The van der Waals surface area contributed by atoms with E-state index in [9.17, 15) is 8.42 Å². The van der Waals surface area contributed by atoms with E-state index in [4.69, 9.17) is 0 Å². The molecule has 0 fully saturated rings. The predicted molar refractivity (Wildman–Crippen MR) is 75.1 cm³/mol. The van der Waals surface area contributed by atoms with Gasteiger partial charge in [-0.3, -0.25) is 4.72 Å². The summed E-state index contributed by atoms with van der Waals surface area (Å²) in [5.41, 5.74) is 2.78. The lowest BCUT2D eigenvalue weighted by atomic mass is 10.1. The van der Waals surface area contributed by atoms with Crippen molar-refractivity contribution in [1.29, 1.82) is 0 Å². The first kappa shape index (κ1) is 13.0. The van der Waals surface area contributed by atoms with Gasteiger partial charge in [-0.2, -0.15) is 0 Å². The summed E-state index contributed by atoms with van der Waals surface area (Å²) < 4.78 is 25.6. The summed E-state index contributed by atoms with van der Waals surface area (Å²) in [5, 5.41) is 1.05. The van der Waals surface area contributed by atoms with Gasteiger partial charge in [-0.25, -0.2) is 8.42 Å². The maximum atomic E-state index is 11.5. The number of anilines is 1. The summed E-state index contributed by atoms with van der Waals surface area (Å²) in [6.07, 6.45) is 3.65. The molecule has 1 heterocycles. The lowest BCUT2D eigenvalue weighted by molar-refractivity contribution is 0.602. The van der Waals surface area contributed by atoms with Gasteiger partial charge in [0.25, 0.3) is 0 Å². The molecule has 0 saturated carbocycles. The van der Waals surface area contributed by atoms with Crippen molar-refractivity contribution in [3.8, 4) is 0 Å². The van der Waals surface area contributed by atoms with E-state index in [0.29, 0.717) is 5.69 Å². The van der Waals surface area contributed by atoms with Crippen LogP contribution in [0.2, 0.25) is 0 Å². The number of H-pyrrole nitrogens is 1. The third-order valence-corrected chi connectivity index (χ3v) is 4.17. The van der Waals surface area contributed by atoms with E-state index in [2.05, 4.69) is 16.6 Å². The maximum Gasteiger partial charge on any atom is 0.232 e. The molecule has 4 nitrogen and oxygen atoms in total. The number of aromatic nitrogens is 1. The zero-order chi connectivity index (χ0) is 13.2. The topological polar surface area (TPSA) is 62.0 Å². The summed E-state index contributed by atoms with van der Waals surface area (Å²) in [6.45, 7) is 5.45. The van der Waals surface area contributed by atoms with Gasteiger partial charge in [0.2, 0.25) is 10.0 Å². The van der Waals surface area contributed by atoms with Gasteiger partial charge in [0.1, 0.15) is 0 Å². The molecule has 2 N–H and O–H groups in total. The Morgan fingerprint density at radius 1 is 1.39 bits per heavy atom. The Labute approximate surface area is 107 Å². The van der Waals surface area contributed by atoms with Gasteiger partial charge in [-0.05, 0) is 43.5 Å². The molecule has 0 saturated heterocycles. The fourth-order valence-electron chi connectivity index (χ4n) is 1.89. The van der Waals surface area contributed by atoms with Crippen molar-refractivity contribution in [3.63, 3.8) is 0 Å². The van der Waals surface area contributed by atoms with Crippen molar-refractivity contribution >= 4 is 26.6 Å². The molecule has 2 aromatic rings. The molecule has 0 amide bonds. The number of aromatic amines is 1. The van der Waals surface area contributed by atoms with Crippen LogP contribution < -0.4 is 4.72 Å². The molecule has 97 valence electrons. The Hall–Kier alpha value is -1.49. The molecular formula is C13H17N2O2S. The van der Waals surface area contributed by atoms with E-state index in [1.165, 1.54) is 0 Å². The molecule has 18 heavy (non-hydrogen) atoms. The van der Waals surface area contributed by atoms with Gasteiger partial charge < -0.3 is 4.98 Å². The number of aryl methyl sites for hydroxylation is 1. The van der Waals surface area contributed by atoms with Crippen molar-refractivity contribution in [3.05, 3.63) is 36.9 Å². The van der Waals surface area contributed by atoms with E-state index in [1.807, 2.05) is 18.3 Å². The van der Waals surface area contributed by atoms with E-state index >= 15 is 0 Å². The Balaban J connectivity index is 2.39. The van der Waals surface area contributed by atoms with Crippen LogP contribution in [0.1, 0.15) is 18.9 Å². The number of nitrogens with one attached hydrogen (secondary N) is 2. The van der Waals surface area contributed by atoms with Crippen LogP contribution in [0, 0.1) is 6.92 Å². The average molecular weight is 265 g/mol. The van der Waals surface area contributed by atoms with E-state index in [-0.39, 0.29) is 5.75 Å². The zero-order valence-electron chi connectivity index (χ0n) is 10.4. The van der Waals surface area contributed by atoms with Crippen LogP contribution in [0.25, 0.3) is 10.9 Å². The molecule has 0 aliphatic heterocycles. The van der Waals surface area contributed by atoms with E-state index in [1.54, 1.807) is 13.0 Å². The molecule has 0 aliphatic carbocycles. The fourth-order valence-corrected chi connectivity index (χ4v) is 2.52. The van der Waals surface area contributed by atoms with Gasteiger partial charge in [0, 0.05) is 22.8 Å². The van der Waals surface area contributed by atoms with Gasteiger partial charge in [0.15, 0.2) is 0 Å². The molecule has 2 rings (SSSR count). The van der Waals surface area contributed by atoms with Crippen molar-refractivity contribution in [2.45, 2.75) is 19.8 Å². The lowest BCUT2D eigenvalue weighted by Gasteiger charge is -2.06. The zero-order valence-corrected chi connectivity index (χ0v) is 11.2. The van der Waals surface area contributed by atoms with Crippen molar-refractivity contribution in [2.24, 2.45) is 0 Å². The minimum Gasteiger partial charge on any atom is -0.361 e. The number of hydrogen-bond donors (Lipinski definition) is 2. The molecular weight excluding hydrogens is 248 g/mol.